The Bertz CT molecular complexity index is 491. The van der Waals surface area contributed by atoms with E-state index in [1.165, 1.54) is 12.4 Å². The fourth-order valence-electron chi connectivity index (χ4n) is 1.96. The molecule has 2 N–H and O–H groups in total. The van der Waals surface area contributed by atoms with Crippen LogP contribution in [0.2, 0.25) is 0 Å². The smallest absolute Gasteiger partial charge is 0.416 e. The summed E-state index contributed by atoms with van der Waals surface area (Å²) in [5, 5.41) is 11.6. The van der Waals surface area contributed by atoms with Crippen LogP contribution in [0, 0.1) is 0 Å². The molecule has 1 aromatic heterocycles. The van der Waals surface area contributed by atoms with E-state index in [9.17, 15) is 9.59 Å². The van der Waals surface area contributed by atoms with Crippen LogP contribution in [0.1, 0.15) is 52.3 Å². The summed E-state index contributed by atoms with van der Waals surface area (Å²) in [6, 6.07) is 0. The van der Waals surface area contributed by atoms with Gasteiger partial charge in [0.05, 0.1) is 0 Å². The molecule has 0 fully saturated rings. The quantitative estimate of drug-likeness (QED) is 0.755. The third kappa shape index (κ3) is 7.10. The van der Waals surface area contributed by atoms with Crippen LogP contribution in [0.15, 0.2) is 12.4 Å². The number of ether oxygens (including phenoxy) is 1. The fraction of sp³-hybridized carbons (Fsp3) is 0.667. The number of hydrogen-bond acceptors (Lipinski definition) is 4. The largest absolute Gasteiger partial charge is 0.464 e. The molecule has 0 spiro atoms. The van der Waals surface area contributed by atoms with Crippen molar-refractivity contribution in [2.24, 2.45) is 0 Å². The number of unbranched alkanes of at least 4 members (excludes halogenated alkanes) is 3. The van der Waals surface area contributed by atoms with Crippen LogP contribution in [0.25, 0.3) is 0 Å². The minimum absolute atomic E-state index is 0.393. The van der Waals surface area contributed by atoms with Crippen molar-refractivity contribution in [1.82, 2.24) is 14.9 Å². The summed E-state index contributed by atoms with van der Waals surface area (Å²) < 4.78 is 6.28. The van der Waals surface area contributed by atoms with E-state index < -0.39 is 17.8 Å². The molecule has 22 heavy (non-hydrogen) atoms. The third-order valence-corrected chi connectivity index (χ3v) is 2.92. The van der Waals surface area contributed by atoms with Crippen molar-refractivity contribution in [3.63, 3.8) is 0 Å². The van der Waals surface area contributed by atoms with Crippen LogP contribution in [-0.2, 0) is 11.2 Å². The number of carboxylic acid groups (broad SMARTS) is 1. The Morgan fingerprint density at radius 1 is 1.27 bits per heavy atom. The molecule has 0 saturated carbocycles. The Kier molecular flexibility index (Phi) is 6.88. The lowest BCUT2D eigenvalue weighted by Gasteiger charge is -2.19. The predicted octanol–water partition coefficient (Wildman–Crippen LogP) is 3.04. The van der Waals surface area contributed by atoms with Gasteiger partial charge in [0.1, 0.15) is 11.4 Å². The van der Waals surface area contributed by atoms with Gasteiger partial charge in [-0.05, 0) is 33.6 Å². The van der Waals surface area contributed by atoms with E-state index in [0.29, 0.717) is 18.8 Å². The number of nitrogens with one attached hydrogen (secondary N) is 1. The SMILES string of the molecule is CC(C)(C)OC(=O)NCCCCCCc1nccn1C(=O)O. The molecule has 0 aromatic carbocycles. The summed E-state index contributed by atoms with van der Waals surface area (Å²) in [7, 11) is 0. The zero-order chi connectivity index (χ0) is 16.6. The lowest BCUT2D eigenvalue weighted by molar-refractivity contribution is 0.0527. The zero-order valence-electron chi connectivity index (χ0n) is 13.5. The van der Waals surface area contributed by atoms with E-state index in [1.807, 2.05) is 20.8 Å². The van der Waals surface area contributed by atoms with E-state index >= 15 is 0 Å². The number of alkyl carbamates (subject to hydrolysis) is 1. The van der Waals surface area contributed by atoms with Gasteiger partial charge in [-0.2, -0.15) is 0 Å². The van der Waals surface area contributed by atoms with Gasteiger partial charge < -0.3 is 15.2 Å². The molecule has 1 heterocycles. The van der Waals surface area contributed by atoms with E-state index in [4.69, 9.17) is 9.84 Å². The van der Waals surface area contributed by atoms with Crippen molar-refractivity contribution in [2.45, 2.75) is 58.5 Å². The molecule has 0 saturated heterocycles. The van der Waals surface area contributed by atoms with Gasteiger partial charge in [0, 0.05) is 25.4 Å². The van der Waals surface area contributed by atoms with Crippen molar-refractivity contribution in [2.75, 3.05) is 6.54 Å². The van der Waals surface area contributed by atoms with E-state index in [2.05, 4.69) is 10.3 Å². The number of hydrogen-bond donors (Lipinski definition) is 2. The average molecular weight is 311 g/mol. The highest BCUT2D eigenvalue weighted by molar-refractivity contribution is 5.68. The Labute approximate surface area is 130 Å². The van der Waals surface area contributed by atoms with Crippen LogP contribution >= 0.6 is 0 Å². The first-order valence-electron chi connectivity index (χ1n) is 7.52. The first-order valence-corrected chi connectivity index (χ1v) is 7.52. The lowest BCUT2D eigenvalue weighted by atomic mass is 10.1. The maximum Gasteiger partial charge on any atom is 0.416 e. The van der Waals surface area contributed by atoms with Gasteiger partial charge >= 0.3 is 12.2 Å². The summed E-state index contributed by atoms with van der Waals surface area (Å²) in [4.78, 5) is 26.3. The molecular formula is C15H25N3O4. The number of imidazole rings is 1. The number of rotatable bonds is 7. The number of aryl methyl sites for hydroxylation is 1. The van der Waals surface area contributed by atoms with Crippen LogP contribution in [0.5, 0.6) is 0 Å². The van der Waals surface area contributed by atoms with Crippen molar-refractivity contribution in [3.8, 4) is 0 Å². The Morgan fingerprint density at radius 2 is 1.95 bits per heavy atom. The monoisotopic (exact) mass is 311 g/mol. The standard InChI is InChI=1S/C15H25N3O4/c1-15(2,3)22-13(19)17-9-7-5-4-6-8-12-16-10-11-18(12)14(20)21/h10-11H,4-9H2,1-3H3,(H,17,19)(H,20,21). The van der Waals surface area contributed by atoms with Crippen LogP contribution in [0.4, 0.5) is 9.59 Å². The number of nitrogens with zero attached hydrogens (tertiary/aromatic N) is 2. The Morgan fingerprint density at radius 3 is 2.59 bits per heavy atom. The predicted molar refractivity (Wildman–Crippen MR) is 82.1 cm³/mol. The highest BCUT2D eigenvalue weighted by Crippen LogP contribution is 2.08. The molecule has 0 aliphatic carbocycles. The normalized spacial score (nSPS) is 11.2. The molecule has 0 aliphatic rings. The van der Waals surface area contributed by atoms with E-state index in [0.717, 1.165) is 30.3 Å². The first kappa shape index (κ1) is 18.0. The molecule has 1 rings (SSSR count). The molecule has 1 aromatic rings. The van der Waals surface area contributed by atoms with E-state index in [1.54, 1.807) is 0 Å². The van der Waals surface area contributed by atoms with Gasteiger partial charge in [-0.3, -0.25) is 0 Å². The number of carbonyl (C=O) groups is 2. The molecule has 7 heteroatoms. The lowest BCUT2D eigenvalue weighted by Crippen LogP contribution is -2.32. The minimum Gasteiger partial charge on any atom is -0.464 e. The summed E-state index contributed by atoms with van der Waals surface area (Å²) >= 11 is 0. The van der Waals surface area contributed by atoms with Gasteiger partial charge in [-0.25, -0.2) is 19.1 Å². The summed E-state index contributed by atoms with van der Waals surface area (Å²) in [6.07, 6.45) is 5.84. The molecule has 1 amide bonds. The Balaban J connectivity index is 2.08. The van der Waals surface area contributed by atoms with Gasteiger partial charge in [-0.1, -0.05) is 12.8 Å². The topological polar surface area (TPSA) is 93.5 Å². The number of aromatic nitrogens is 2. The number of amides is 1. The van der Waals surface area contributed by atoms with Gasteiger partial charge in [0.2, 0.25) is 0 Å². The van der Waals surface area contributed by atoms with Crippen molar-refractivity contribution >= 4 is 12.2 Å². The average Bonchev–Trinajstić information content (AvgIpc) is 2.84. The first-order chi connectivity index (χ1) is 10.3. The summed E-state index contributed by atoms with van der Waals surface area (Å²) in [5.41, 5.74) is -0.476. The van der Waals surface area contributed by atoms with Crippen molar-refractivity contribution < 1.29 is 19.4 Å². The van der Waals surface area contributed by atoms with Crippen LogP contribution in [-0.4, -0.2) is 39.0 Å². The highest BCUT2D eigenvalue weighted by Gasteiger charge is 2.15. The van der Waals surface area contributed by atoms with Gasteiger partial charge in [0.25, 0.3) is 0 Å². The fourth-order valence-corrected chi connectivity index (χ4v) is 1.96. The molecule has 0 unspecified atom stereocenters. The van der Waals surface area contributed by atoms with Crippen molar-refractivity contribution in [1.29, 1.82) is 0 Å². The molecular weight excluding hydrogens is 286 g/mol. The summed E-state index contributed by atoms with van der Waals surface area (Å²) in [6.45, 7) is 6.06. The second kappa shape index (κ2) is 8.41. The molecule has 0 atom stereocenters. The van der Waals surface area contributed by atoms with E-state index in [-0.39, 0.29) is 0 Å². The second-order valence-electron chi connectivity index (χ2n) is 6.09. The maximum atomic E-state index is 11.4. The van der Waals surface area contributed by atoms with Gasteiger partial charge in [-0.15, -0.1) is 0 Å². The second-order valence-corrected chi connectivity index (χ2v) is 6.09. The van der Waals surface area contributed by atoms with Crippen LogP contribution in [0.3, 0.4) is 0 Å². The zero-order valence-corrected chi connectivity index (χ0v) is 13.5. The maximum absolute atomic E-state index is 11.4. The molecule has 0 radical (unpaired) electrons. The molecule has 0 aliphatic heterocycles. The van der Waals surface area contributed by atoms with Crippen LogP contribution < -0.4 is 5.32 Å². The third-order valence-electron chi connectivity index (χ3n) is 2.92. The summed E-state index contributed by atoms with van der Waals surface area (Å²) in [5.74, 6) is 0.569. The number of carbonyl (C=O) groups excluding carboxylic acids is 1. The minimum atomic E-state index is -1.01. The molecule has 124 valence electrons. The van der Waals surface area contributed by atoms with Crippen molar-refractivity contribution in [3.05, 3.63) is 18.2 Å². The Hall–Kier alpha value is -2.05. The molecule has 0 bridgehead atoms. The molecule has 7 nitrogen and oxygen atoms in total. The highest BCUT2D eigenvalue weighted by atomic mass is 16.6. The van der Waals surface area contributed by atoms with Gasteiger partial charge in [0.15, 0.2) is 0 Å².